The summed E-state index contributed by atoms with van der Waals surface area (Å²) in [4.78, 5) is 5.66. The summed E-state index contributed by atoms with van der Waals surface area (Å²) in [5, 5.41) is 13.8. The van der Waals surface area contributed by atoms with Gasteiger partial charge in [-0.05, 0) is 17.7 Å². The Balaban J connectivity index is 1.99. The number of hydrogen-bond donors (Lipinski definition) is 2. The van der Waals surface area contributed by atoms with Gasteiger partial charge in [0.2, 0.25) is 0 Å². The molecule has 1 aromatic carbocycles. The van der Waals surface area contributed by atoms with Gasteiger partial charge in [-0.1, -0.05) is 12.1 Å². The standard InChI is InChI=1S/C15H18N4/c16-6-4-15(19-10-8-17-9-11-19)13-2-1-3-14-12(13)5-7-18-14/h1-3,5,7,15,17-18H,4,8-11H2/t15-/m1/s1. The summed E-state index contributed by atoms with van der Waals surface area (Å²) >= 11 is 0. The normalized spacial score (nSPS) is 18.3. The molecular weight excluding hydrogens is 236 g/mol. The second-order valence-electron chi connectivity index (χ2n) is 4.95. The summed E-state index contributed by atoms with van der Waals surface area (Å²) < 4.78 is 0. The first-order valence-corrected chi connectivity index (χ1v) is 6.78. The number of nitriles is 1. The van der Waals surface area contributed by atoms with Gasteiger partial charge in [-0.2, -0.15) is 5.26 Å². The van der Waals surface area contributed by atoms with Crippen molar-refractivity contribution in [3.63, 3.8) is 0 Å². The molecule has 4 nitrogen and oxygen atoms in total. The summed E-state index contributed by atoms with van der Waals surface area (Å²) in [6.07, 6.45) is 2.51. The van der Waals surface area contributed by atoms with Crippen LogP contribution in [-0.4, -0.2) is 36.1 Å². The zero-order chi connectivity index (χ0) is 13.1. The Morgan fingerprint density at radius 3 is 2.89 bits per heavy atom. The quantitative estimate of drug-likeness (QED) is 0.881. The second kappa shape index (κ2) is 5.43. The van der Waals surface area contributed by atoms with Gasteiger partial charge >= 0.3 is 0 Å². The zero-order valence-corrected chi connectivity index (χ0v) is 10.9. The molecule has 0 spiro atoms. The van der Waals surface area contributed by atoms with Crippen LogP contribution in [0.4, 0.5) is 0 Å². The number of aromatic nitrogens is 1. The van der Waals surface area contributed by atoms with Gasteiger partial charge in [0.25, 0.3) is 0 Å². The van der Waals surface area contributed by atoms with Crippen LogP contribution in [0.5, 0.6) is 0 Å². The van der Waals surface area contributed by atoms with E-state index in [-0.39, 0.29) is 6.04 Å². The van der Waals surface area contributed by atoms with Crippen LogP contribution in [0.1, 0.15) is 18.0 Å². The SMILES string of the molecule is N#CC[C@H](c1cccc2[nH]ccc12)N1CCNCC1. The summed E-state index contributed by atoms with van der Waals surface area (Å²) in [5.41, 5.74) is 2.41. The summed E-state index contributed by atoms with van der Waals surface area (Å²) in [7, 11) is 0. The third-order valence-electron chi connectivity index (χ3n) is 3.86. The second-order valence-corrected chi connectivity index (χ2v) is 4.95. The van der Waals surface area contributed by atoms with E-state index >= 15 is 0 Å². The third kappa shape index (κ3) is 2.35. The molecular formula is C15H18N4. The van der Waals surface area contributed by atoms with Gasteiger partial charge in [0.05, 0.1) is 12.5 Å². The number of nitrogens with one attached hydrogen (secondary N) is 2. The van der Waals surface area contributed by atoms with Crippen molar-refractivity contribution in [1.82, 2.24) is 15.2 Å². The van der Waals surface area contributed by atoms with Gasteiger partial charge in [0.15, 0.2) is 0 Å². The summed E-state index contributed by atoms with van der Waals surface area (Å²) in [6, 6.07) is 11.0. The van der Waals surface area contributed by atoms with Crippen LogP contribution in [0.2, 0.25) is 0 Å². The maximum atomic E-state index is 9.15. The highest BCUT2D eigenvalue weighted by Gasteiger charge is 2.23. The van der Waals surface area contributed by atoms with Gasteiger partial charge in [-0.15, -0.1) is 0 Å². The Bertz CT molecular complexity index is 589. The van der Waals surface area contributed by atoms with E-state index in [2.05, 4.69) is 45.5 Å². The molecule has 1 aliphatic rings. The molecule has 0 bridgehead atoms. The molecule has 4 heteroatoms. The van der Waals surface area contributed by atoms with E-state index in [1.807, 2.05) is 6.20 Å². The molecule has 1 aromatic heterocycles. The minimum absolute atomic E-state index is 0.201. The topological polar surface area (TPSA) is 54.9 Å². The van der Waals surface area contributed by atoms with Crippen LogP contribution in [-0.2, 0) is 0 Å². The van der Waals surface area contributed by atoms with Crippen molar-refractivity contribution in [3.8, 4) is 6.07 Å². The lowest BCUT2D eigenvalue weighted by molar-refractivity contribution is 0.176. The number of hydrogen-bond acceptors (Lipinski definition) is 3. The molecule has 3 rings (SSSR count). The fourth-order valence-corrected chi connectivity index (χ4v) is 2.92. The average molecular weight is 254 g/mol. The van der Waals surface area contributed by atoms with Crippen LogP contribution in [0.3, 0.4) is 0 Å². The van der Waals surface area contributed by atoms with Gasteiger partial charge < -0.3 is 10.3 Å². The minimum Gasteiger partial charge on any atom is -0.361 e. The maximum Gasteiger partial charge on any atom is 0.0641 e. The molecule has 1 fully saturated rings. The first-order valence-electron chi connectivity index (χ1n) is 6.78. The molecule has 98 valence electrons. The highest BCUT2D eigenvalue weighted by Crippen LogP contribution is 2.30. The van der Waals surface area contributed by atoms with E-state index in [1.54, 1.807) is 0 Å². The molecule has 1 atom stereocenters. The van der Waals surface area contributed by atoms with Gasteiger partial charge in [-0.25, -0.2) is 0 Å². The summed E-state index contributed by atoms with van der Waals surface area (Å²) in [6.45, 7) is 4.02. The number of nitrogens with zero attached hydrogens (tertiary/aromatic N) is 2. The molecule has 1 aliphatic heterocycles. The molecule has 2 heterocycles. The number of piperazine rings is 1. The maximum absolute atomic E-state index is 9.15. The predicted octanol–water partition coefficient (Wildman–Crippen LogP) is 2.03. The molecule has 0 aliphatic carbocycles. The van der Waals surface area contributed by atoms with Crippen molar-refractivity contribution >= 4 is 10.9 Å². The average Bonchev–Trinajstić information content (AvgIpc) is 2.94. The highest BCUT2D eigenvalue weighted by molar-refractivity contribution is 5.83. The van der Waals surface area contributed by atoms with Crippen LogP contribution in [0, 0.1) is 11.3 Å². The fraction of sp³-hybridized carbons (Fsp3) is 0.400. The monoisotopic (exact) mass is 254 g/mol. The first kappa shape index (κ1) is 12.2. The molecule has 0 unspecified atom stereocenters. The number of rotatable bonds is 3. The number of fused-ring (bicyclic) bond motifs is 1. The third-order valence-corrected chi connectivity index (χ3v) is 3.86. The van der Waals surface area contributed by atoms with E-state index in [4.69, 9.17) is 5.26 Å². The van der Waals surface area contributed by atoms with Crippen molar-refractivity contribution in [1.29, 1.82) is 5.26 Å². The minimum atomic E-state index is 0.201. The molecule has 19 heavy (non-hydrogen) atoms. The van der Waals surface area contributed by atoms with E-state index < -0.39 is 0 Å². The van der Waals surface area contributed by atoms with Crippen molar-refractivity contribution in [2.24, 2.45) is 0 Å². The number of aromatic amines is 1. The van der Waals surface area contributed by atoms with Crippen molar-refractivity contribution in [3.05, 3.63) is 36.0 Å². The Labute approximate surface area is 113 Å². The molecule has 1 saturated heterocycles. The van der Waals surface area contributed by atoms with Crippen molar-refractivity contribution in [2.75, 3.05) is 26.2 Å². The van der Waals surface area contributed by atoms with Gasteiger partial charge in [0, 0.05) is 49.3 Å². The fourth-order valence-electron chi connectivity index (χ4n) is 2.92. The van der Waals surface area contributed by atoms with E-state index in [9.17, 15) is 0 Å². The largest absolute Gasteiger partial charge is 0.361 e. The van der Waals surface area contributed by atoms with Crippen LogP contribution in [0.15, 0.2) is 30.5 Å². The molecule has 0 amide bonds. The predicted molar refractivity (Wildman–Crippen MR) is 75.7 cm³/mol. The number of benzene rings is 1. The van der Waals surface area contributed by atoms with E-state index in [0.717, 1.165) is 31.7 Å². The van der Waals surface area contributed by atoms with Crippen LogP contribution < -0.4 is 5.32 Å². The Kier molecular flexibility index (Phi) is 3.49. The smallest absolute Gasteiger partial charge is 0.0641 e. The lowest BCUT2D eigenvalue weighted by atomic mass is 9.98. The van der Waals surface area contributed by atoms with Crippen LogP contribution in [0.25, 0.3) is 10.9 Å². The van der Waals surface area contributed by atoms with Gasteiger partial charge in [-0.3, -0.25) is 4.90 Å². The Morgan fingerprint density at radius 1 is 1.26 bits per heavy atom. The molecule has 0 radical (unpaired) electrons. The molecule has 0 saturated carbocycles. The van der Waals surface area contributed by atoms with Crippen molar-refractivity contribution in [2.45, 2.75) is 12.5 Å². The van der Waals surface area contributed by atoms with Crippen molar-refractivity contribution < 1.29 is 0 Å². The van der Waals surface area contributed by atoms with Gasteiger partial charge in [0.1, 0.15) is 0 Å². The molecule has 2 aromatic rings. The Hall–Kier alpha value is -1.83. The Morgan fingerprint density at radius 2 is 2.11 bits per heavy atom. The lowest BCUT2D eigenvalue weighted by Crippen LogP contribution is -2.45. The van der Waals surface area contributed by atoms with Crippen LogP contribution >= 0.6 is 0 Å². The van der Waals surface area contributed by atoms with E-state index in [0.29, 0.717) is 6.42 Å². The zero-order valence-electron chi connectivity index (χ0n) is 10.9. The lowest BCUT2D eigenvalue weighted by Gasteiger charge is -2.34. The number of H-pyrrole nitrogens is 1. The van der Waals surface area contributed by atoms with E-state index in [1.165, 1.54) is 10.9 Å². The summed E-state index contributed by atoms with van der Waals surface area (Å²) in [5.74, 6) is 0. The molecule has 2 N–H and O–H groups in total. The first-order chi connectivity index (χ1) is 9.40. The highest BCUT2D eigenvalue weighted by atomic mass is 15.2.